The molecule has 1 heterocycles. The van der Waals surface area contributed by atoms with Crippen LogP contribution in [0, 0.1) is 5.82 Å². The van der Waals surface area contributed by atoms with E-state index >= 15 is 0 Å². The molecule has 0 fully saturated rings. The molecule has 1 aromatic heterocycles. The Balaban J connectivity index is 1.65. The van der Waals surface area contributed by atoms with Crippen molar-refractivity contribution in [1.82, 2.24) is 9.88 Å². The van der Waals surface area contributed by atoms with E-state index in [9.17, 15) is 9.50 Å². The second-order valence-electron chi connectivity index (χ2n) is 6.20. The van der Waals surface area contributed by atoms with Crippen LogP contribution < -0.4 is 4.74 Å². The van der Waals surface area contributed by atoms with Gasteiger partial charge in [-0.3, -0.25) is 4.99 Å². The summed E-state index contributed by atoms with van der Waals surface area (Å²) in [6, 6.07) is 11.8. The lowest BCUT2D eigenvalue weighted by atomic mass is 10.2. The number of likely N-dealkylation sites (N-methyl/N-ethyl adjacent to an activating group) is 1. The minimum Gasteiger partial charge on any atom is -0.494 e. The van der Waals surface area contributed by atoms with Crippen LogP contribution in [0.25, 0.3) is 10.9 Å². The predicted molar refractivity (Wildman–Crippen MR) is 107 cm³/mol. The Morgan fingerprint density at radius 1 is 1.15 bits per heavy atom. The number of rotatable bonds is 8. The molecule has 0 saturated heterocycles. The maximum absolute atomic E-state index is 13.3. The number of aliphatic imine (C=N–C) groups is 1. The van der Waals surface area contributed by atoms with E-state index in [0.29, 0.717) is 23.1 Å². The molecule has 6 heteroatoms. The summed E-state index contributed by atoms with van der Waals surface area (Å²) < 4.78 is 19.0. The summed E-state index contributed by atoms with van der Waals surface area (Å²) in [5.41, 5.74) is 1.80. The van der Waals surface area contributed by atoms with Crippen molar-refractivity contribution in [2.45, 2.75) is 13.8 Å². The van der Waals surface area contributed by atoms with Crippen molar-refractivity contribution in [3.05, 3.63) is 53.8 Å². The van der Waals surface area contributed by atoms with Crippen molar-refractivity contribution in [1.29, 1.82) is 0 Å². The molecule has 5 nitrogen and oxygen atoms in total. The molecule has 0 aliphatic heterocycles. The number of hydrogen-bond acceptors (Lipinski definition) is 4. The van der Waals surface area contributed by atoms with Gasteiger partial charge in [0.15, 0.2) is 5.88 Å². The first-order valence-electron chi connectivity index (χ1n) is 9.10. The molecular weight excluding hydrogens is 345 g/mol. The van der Waals surface area contributed by atoms with Crippen LogP contribution in [-0.4, -0.2) is 47.4 Å². The van der Waals surface area contributed by atoms with E-state index in [1.165, 1.54) is 12.1 Å². The third-order valence-electron chi connectivity index (χ3n) is 4.53. The standard InChI is InChI=1S/C21H24FN3O2/c1-3-25(4-2)11-12-27-17-8-6-16(7-9-17)23-14-19-18-10-5-15(22)13-20(18)24-21(19)26/h5-10,13-14,24,26H,3-4,11-12H2,1-2H3. The minimum absolute atomic E-state index is 0.0318. The lowest BCUT2D eigenvalue weighted by Gasteiger charge is -2.17. The lowest BCUT2D eigenvalue weighted by Crippen LogP contribution is -2.27. The van der Waals surface area contributed by atoms with Crippen molar-refractivity contribution in [2.24, 2.45) is 4.99 Å². The SMILES string of the molecule is CCN(CC)CCOc1ccc(N=Cc2c(O)[nH]c3cc(F)ccc23)cc1. The van der Waals surface area contributed by atoms with Gasteiger partial charge in [-0.05, 0) is 55.6 Å². The highest BCUT2D eigenvalue weighted by atomic mass is 19.1. The highest BCUT2D eigenvalue weighted by molar-refractivity contribution is 6.02. The number of aromatic amines is 1. The van der Waals surface area contributed by atoms with E-state index in [0.717, 1.165) is 31.1 Å². The number of halogens is 1. The monoisotopic (exact) mass is 369 g/mol. The zero-order chi connectivity index (χ0) is 19.2. The summed E-state index contributed by atoms with van der Waals surface area (Å²) >= 11 is 0. The van der Waals surface area contributed by atoms with Crippen LogP contribution in [-0.2, 0) is 0 Å². The third-order valence-corrected chi connectivity index (χ3v) is 4.53. The minimum atomic E-state index is -0.358. The number of benzene rings is 2. The summed E-state index contributed by atoms with van der Waals surface area (Å²) in [6.07, 6.45) is 1.57. The van der Waals surface area contributed by atoms with E-state index in [2.05, 4.69) is 28.7 Å². The number of H-pyrrole nitrogens is 1. The fourth-order valence-corrected chi connectivity index (χ4v) is 2.91. The van der Waals surface area contributed by atoms with Gasteiger partial charge in [-0.1, -0.05) is 13.8 Å². The first-order valence-corrected chi connectivity index (χ1v) is 9.10. The molecule has 0 aliphatic rings. The molecule has 0 spiro atoms. The Morgan fingerprint density at radius 2 is 1.89 bits per heavy atom. The predicted octanol–water partition coefficient (Wildman–Crippen LogP) is 4.48. The number of hydrogen-bond donors (Lipinski definition) is 2. The lowest BCUT2D eigenvalue weighted by molar-refractivity contribution is 0.223. The Labute approximate surface area is 158 Å². The van der Waals surface area contributed by atoms with Gasteiger partial charge in [-0.25, -0.2) is 4.39 Å². The maximum atomic E-state index is 13.3. The smallest absolute Gasteiger partial charge is 0.198 e. The van der Waals surface area contributed by atoms with E-state index in [1.807, 2.05) is 24.3 Å². The van der Waals surface area contributed by atoms with Gasteiger partial charge in [0.1, 0.15) is 18.2 Å². The Morgan fingerprint density at radius 3 is 2.59 bits per heavy atom. The van der Waals surface area contributed by atoms with Crippen molar-refractivity contribution in [2.75, 3.05) is 26.2 Å². The highest BCUT2D eigenvalue weighted by Gasteiger charge is 2.09. The number of aromatic hydroxyl groups is 1. The second-order valence-corrected chi connectivity index (χ2v) is 6.20. The molecule has 27 heavy (non-hydrogen) atoms. The molecule has 3 aromatic rings. The van der Waals surface area contributed by atoms with Gasteiger partial charge in [0.2, 0.25) is 0 Å². The van der Waals surface area contributed by atoms with Crippen LogP contribution in [0.1, 0.15) is 19.4 Å². The molecule has 0 unspecified atom stereocenters. The number of nitrogens with zero attached hydrogens (tertiary/aromatic N) is 2. The fraction of sp³-hybridized carbons (Fsp3) is 0.286. The maximum Gasteiger partial charge on any atom is 0.198 e. The molecule has 0 radical (unpaired) electrons. The zero-order valence-corrected chi connectivity index (χ0v) is 15.6. The molecular formula is C21H24FN3O2. The van der Waals surface area contributed by atoms with Crippen molar-refractivity contribution in [3.63, 3.8) is 0 Å². The van der Waals surface area contributed by atoms with Gasteiger partial charge in [-0.15, -0.1) is 0 Å². The molecule has 2 aromatic carbocycles. The molecule has 3 rings (SSSR count). The van der Waals surface area contributed by atoms with Crippen LogP contribution in [0.2, 0.25) is 0 Å². The summed E-state index contributed by atoms with van der Waals surface area (Å²) in [4.78, 5) is 9.45. The fourth-order valence-electron chi connectivity index (χ4n) is 2.91. The second kappa shape index (κ2) is 8.68. The molecule has 0 atom stereocenters. The van der Waals surface area contributed by atoms with Crippen LogP contribution in [0.3, 0.4) is 0 Å². The molecule has 0 saturated carbocycles. The molecule has 0 aliphatic carbocycles. The molecule has 0 amide bonds. The highest BCUT2D eigenvalue weighted by Crippen LogP contribution is 2.27. The topological polar surface area (TPSA) is 60.9 Å². The molecule has 2 N–H and O–H groups in total. The number of ether oxygens (including phenoxy) is 1. The zero-order valence-electron chi connectivity index (χ0n) is 15.6. The van der Waals surface area contributed by atoms with Gasteiger partial charge in [0, 0.05) is 18.1 Å². The summed E-state index contributed by atoms with van der Waals surface area (Å²) in [5.74, 6) is 0.408. The van der Waals surface area contributed by atoms with E-state index < -0.39 is 0 Å². The first-order chi connectivity index (χ1) is 13.1. The summed E-state index contributed by atoms with van der Waals surface area (Å²) in [7, 11) is 0. The third kappa shape index (κ3) is 4.65. The van der Waals surface area contributed by atoms with Gasteiger partial charge >= 0.3 is 0 Å². The van der Waals surface area contributed by atoms with Crippen LogP contribution in [0.4, 0.5) is 10.1 Å². The Hall–Kier alpha value is -2.86. The number of fused-ring (bicyclic) bond motifs is 1. The molecule has 0 bridgehead atoms. The van der Waals surface area contributed by atoms with E-state index in [-0.39, 0.29) is 11.7 Å². The van der Waals surface area contributed by atoms with Crippen LogP contribution in [0.5, 0.6) is 11.6 Å². The largest absolute Gasteiger partial charge is 0.494 e. The average Bonchev–Trinajstić information content (AvgIpc) is 2.98. The molecule has 142 valence electrons. The van der Waals surface area contributed by atoms with Crippen LogP contribution in [0.15, 0.2) is 47.5 Å². The average molecular weight is 369 g/mol. The van der Waals surface area contributed by atoms with Gasteiger partial charge in [0.25, 0.3) is 0 Å². The summed E-state index contributed by atoms with van der Waals surface area (Å²) in [6.45, 7) is 7.84. The van der Waals surface area contributed by atoms with Gasteiger partial charge < -0.3 is 19.7 Å². The first kappa shape index (κ1) is 18.9. The number of nitrogens with one attached hydrogen (secondary N) is 1. The normalized spacial score (nSPS) is 11.7. The Kier molecular flexibility index (Phi) is 6.08. The van der Waals surface area contributed by atoms with Crippen LogP contribution >= 0.6 is 0 Å². The van der Waals surface area contributed by atoms with Crippen molar-refractivity contribution >= 4 is 22.8 Å². The summed E-state index contributed by atoms with van der Waals surface area (Å²) in [5, 5.41) is 10.8. The quantitative estimate of drug-likeness (QED) is 0.576. The van der Waals surface area contributed by atoms with Gasteiger partial charge in [0.05, 0.1) is 16.8 Å². The van der Waals surface area contributed by atoms with Crippen molar-refractivity contribution in [3.8, 4) is 11.6 Å². The van der Waals surface area contributed by atoms with Gasteiger partial charge in [-0.2, -0.15) is 0 Å². The van der Waals surface area contributed by atoms with E-state index in [4.69, 9.17) is 4.74 Å². The number of aromatic nitrogens is 1. The Bertz CT molecular complexity index is 915. The van der Waals surface area contributed by atoms with E-state index in [1.54, 1.807) is 12.3 Å². The van der Waals surface area contributed by atoms with Crippen molar-refractivity contribution < 1.29 is 14.2 Å².